The Hall–Kier alpha value is -0.980. The molecule has 1 aromatic rings. The van der Waals surface area contributed by atoms with E-state index in [1.807, 2.05) is 20.2 Å². The molecule has 1 aromatic heterocycles. The van der Waals surface area contributed by atoms with E-state index < -0.39 is 0 Å². The second-order valence-corrected chi connectivity index (χ2v) is 5.84. The van der Waals surface area contributed by atoms with Gasteiger partial charge in [0.15, 0.2) is 0 Å². The van der Waals surface area contributed by atoms with Crippen molar-refractivity contribution >= 4 is 17.2 Å². The summed E-state index contributed by atoms with van der Waals surface area (Å²) in [4.78, 5) is 19.1. The summed E-state index contributed by atoms with van der Waals surface area (Å²) in [5.41, 5.74) is 0. The predicted molar refractivity (Wildman–Crippen MR) is 70.6 cm³/mol. The van der Waals surface area contributed by atoms with Gasteiger partial charge in [0.25, 0.3) is 0 Å². The zero-order valence-electron chi connectivity index (χ0n) is 10.8. The van der Waals surface area contributed by atoms with E-state index in [-0.39, 0.29) is 11.9 Å². The standard InChI is InChI=1S/C12H19N3O2S/c1-9-14-6-11(18-9)7-15(2)12(16)5-10-8-17-4-3-13-10/h6,10,13H,3-5,7-8H2,1-2H3. The van der Waals surface area contributed by atoms with Crippen LogP contribution in [0, 0.1) is 6.92 Å². The number of hydrogen-bond donors (Lipinski definition) is 1. The van der Waals surface area contributed by atoms with E-state index in [1.54, 1.807) is 16.2 Å². The number of rotatable bonds is 4. The molecule has 6 heteroatoms. The Morgan fingerprint density at radius 1 is 1.72 bits per heavy atom. The number of aromatic nitrogens is 1. The highest BCUT2D eigenvalue weighted by atomic mass is 32.1. The number of aryl methyl sites for hydroxylation is 1. The van der Waals surface area contributed by atoms with E-state index in [1.165, 1.54) is 0 Å². The summed E-state index contributed by atoms with van der Waals surface area (Å²) in [6.07, 6.45) is 2.33. The second kappa shape index (κ2) is 6.26. The van der Waals surface area contributed by atoms with Crippen molar-refractivity contribution in [3.63, 3.8) is 0 Å². The first-order valence-corrected chi connectivity index (χ1v) is 6.93. The quantitative estimate of drug-likeness (QED) is 0.878. The van der Waals surface area contributed by atoms with Gasteiger partial charge in [0.2, 0.25) is 5.91 Å². The Bertz CT molecular complexity index is 402. The van der Waals surface area contributed by atoms with E-state index in [0.29, 0.717) is 19.6 Å². The molecule has 0 spiro atoms. The zero-order chi connectivity index (χ0) is 13.0. The molecule has 5 nitrogen and oxygen atoms in total. The van der Waals surface area contributed by atoms with E-state index in [4.69, 9.17) is 4.74 Å². The third-order valence-corrected chi connectivity index (χ3v) is 3.80. The summed E-state index contributed by atoms with van der Waals surface area (Å²) in [5.74, 6) is 0.143. The Balaban J connectivity index is 1.80. The molecule has 1 N–H and O–H groups in total. The maximum atomic E-state index is 12.0. The van der Waals surface area contributed by atoms with Crippen molar-refractivity contribution in [2.75, 3.05) is 26.8 Å². The lowest BCUT2D eigenvalue weighted by Gasteiger charge is -2.25. The van der Waals surface area contributed by atoms with Gasteiger partial charge in [-0.25, -0.2) is 4.98 Å². The molecule has 1 saturated heterocycles. The number of ether oxygens (including phenoxy) is 1. The summed E-state index contributed by atoms with van der Waals surface area (Å²) in [7, 11) is 1.83. The molecule has 2 rings (SSSR count). The van der Waals surface area contributed by atoms with Gasteiger partial charge in [-0.15, -0.1) is 11.3 Å². The molecule has 0 aromatic carbocycles. The Morgan fingerprint density at radius 3 is 3.17 bits per heavy atom. The molecule has 1 aliphatic heterocycles. The molecular formula is C12H19N3O2S. The Labute approximate surface area is 111 Å². The normalized spacial score (nSPS) is 19.8. The highest BCUT2D eigenvalue weighted by Crippen LogP contribution is 2.14. The third-order valence-electron chi connectivity index (χ3n) is 2.91. The lowest BCUT2D eigenvalue weighted by Crippen LogP contribution is -2.44. The molecule has 100 valence electrons. The minimum Gasteiger partial charge on any atom is -0.378 e. The monoisotopic (exact) mass is 269 g/mol. The lowest BCUT2D eigenvalue weighted by atomic mass is 10.2. The molecule has 1 fully saturated rings. The van der Waals surface area contributed by atoms with Crippen LogP contribution < -0.4 is 5.32 Å². The fraction of sp³-hybridized carbons (Fsp3) is 0.667. The van der Waals surface area contributed by atoms with E-state index in [0.717, 1.165) is 23.0 Å². The van der Waals surface area contributed by atoms with Gasteiger partial charge in [0.1, 0.15) is 0 Å². The third kappa shape index (κ3) is 3.76. The van der Waals surface area contributed by atoms with Crippen molar-refractivity contribution in [2.24, 2.45) is 0 Å². The van der Waals surface area contributed by atoms with Gasteiger partial charge < -0.3 is 15.0 Å². The van der Waals surface area contributed by atoms with Crippen LogP contribution in [-0.2, 0) is 16.1 Å². The van der Waals surface area contributed by atoms with Crippen LogP contribution in [0.15, 0.2) is 6.20 Å². The first-order chi connectivity index (χ1) is 8.65. The molecule has 0 radical (unpaired) electrons. The fourth-order valence-corrected chi connectivity index (χ4v) is 2.77. The number of carbonyl (C=O) groups is 1. The van der Waals surface area contributed by atoms with Crippen LogP contribution in [-0.4, -0.2) is 48.6 Å². The second-order valence-electron chi connectivity index (χ2n) is 4.53. The molecule has 0 saturated carbocycles. The summed E-state index contributed by atoms with van der Waals surface area (Å²) in [5, 5.41) is 4.33. The molecule has 1 aliphatic rings. The van der Waals surface area contributed by atoms with E-state index in [2.05, 4.69) is 10.3 Å². The van der Waals surface area contributed by atoms with Gasteiger partial charge >= 0.3 is 0 Å². The van der Waals surface area contributed by atoms with Gasteiger partial charge in [-0.1, -0.05) is 0 Å². The van der Waals surface area contributed by atoms with Crippen LogP contribution in [0.5, 0.6) is 0 Å². The Kier molecular flexibility index (Phi) is 4.68. The van der Waals surface area contributed by atoms with Gasteiger partial charge in [0, 0.05) is 37.1 Å². The van der Waals surface area contributed by atoms with Crippen LogP contribution in [0.1, 0.15) is 16.3 Å². The summed E-state index contributed by atoms with van der Waals surface area (Å²) < 4.78 is 5.34. The summed E-state index contributed by atoms with van der Waals surface area (Å²) in [6, 6.07) is 0.150. The molecule has 18 heavy (non-hydrogen) atoms. The fourth-order valence-electron chi connectivity index (χ4n) is 1.92. The van der Waals surface area contributed by atoms with Gasteiger partial charge in [-0.05, 0) is 6.92 Å². The average molecular weight is 269 g/mol. The largest absolute Gasteiger partial charge is 0.378 e. The highest BCUT2D eigenvalue weighted by Gasteiger charge is 2.19. The number of thiazole rings is 1. The topological polar surface area (TPSA) is 54.5 Å². The maximum absolute atomic E-state index is 12.0. The van der Waals surface area contributed by atoms with Crippen molar-refractivity contribution in [2.45, 2.75) is 25.9 Å². The molecule has 1 amide bonds. The van der Waals surface area contributed by atoms with Crippen LogP contribution in [0.2, 0.25) is 0 Å². The predicted octanol–water partition coefficient (Wildman–Crippen LogP) is 0.788. The maximum Gasteiger partial charge on any atom is 0.224 e. The van der Waals surface area contributed by atoms with Crippen LogP contribution in [0.4, 0.5) is 0 Å². The molecule has 0 aliphatic carbocycles. The first kappa shape index (κ1) is 13.5. The highest BCUT2D eigenvalue weighted by molar-refractivity contribution is 7.11. The van der Waals surface area contributed by atoms with Crippen molar-refractivity contribution in [3.8, 4) is 0 Å². The number of amides is 1. The minimum atomic E-state index is 0.143. The SMILES string of the molecule is Cc1ncc(CN(C)C(=O)CC2COCCN2)s1. The lowest BCUT2D eigenvalue weighted by molar-refractivity contribution is -0.131. The summed E-state index contributed by atoms with van der Waals surface area (Å²) >= 11 is 1.63. The molecule has 2 heterocycles. The van der Waals surface area contributed by atoms with E-state index in [9.17, 15) is 4.79 Å². The van der Waals surface area contributed by atoms with Gasteiger partial charge in [0.05, 0.1) is 24.8 Å². The number of nitrogens with one attached hydrogen (secondary N) is 1. The van der Waals surface area contributed by atoms with Gasteiger partial charge in [-0.2, -0.15) is 0 Å². The van der Waals surface area contributed by atoms with Crippen molar-refractivity contribution in [1.29, 1.82) is 0 Å². The number of nitrogens with zero attached hydrogens (tertiary/aromatic N) is 2. The van der Waals surface area contributed by atoms with Gasteiger partial charge in [-0.3, -0.25) is 4.79 Å². The average Bonchev–Trinajstić information content (AvgIpc) is 2.76. The smallest absolute Gasteiger partial charge is 0.224 e. The molecule has 1 unspecified atom stereocenters. The van der Waals surface area contributed by atoms with Crippen molar-refractivity contribution < 1.29 is 9.53 Å². The number of hydrogen-bond acceptors (Lipinski definition) is 5. The first-order valence-electron chi connectivity index (χ1n) is 6.11. The molecule has 0 bridgehead atoms. The minimum absolute atomic E-state index is 0.143. The number of carbonyl (C=O) groups excluding carboxylic acids is 1. The van der Waals surface area contributed by atoms with Crippen molar-refractivity contribution in [1.82, 2.24) is 15.2 Å². The molecule has 1 atom stereocenters. The zero-order valence-corrected chi connectivity index (χ0v) is 11.6. The van der Waals surface area contributed by atoms with Crippen LogP contribution in [0.3, 0.4) is 0 Å². The van der Waals surface area contributed by atoms with E-state index >= 15 is 0 Å². The van der Waals surface area contributed by atoms with Crippen LogP contribution >= 0.6 is 11.3 Å². The number of morpholine rings is 1. The molecular weight excluding hydrogens is 250 g/mol. The summed E-state index contributed by atoms with van der Waals surface area (Å²) in [6.45, 7) is 4.80. The van der Waals surface area contributed by atoms with Crippen LogP contribution in [0.25, 0.3) is 0 Å². The van der Waals surface area contributed by atoms with Crippen molar-refractivity contribution in [3.05, 3.63) is 16.1 Å². The Morgan fingerprint density at radius 2 is 2.56 bits per heavy atom.